The molecule has 0 bridgehead atoms. The fourth-order valence-electron chi connectivity index (χ4n) is 0.728. The van der Waals surface area contributed by atoms with E-state index in [4.69, 9.17) is 0 Å². The maximum atomic E-state index is 4.01. The van der Waals surface area contributed by atoms with Gasteiger partial charge in [-0.3, -0.25) is 4.99 Å². The molecule has 0 fully saturated rings. The Kier molecular flexibility index (Phi) is 5.28. The van der Waals surface area contributed by atoms with Gasteiger partial charge in [-0.1, -0.05) is 44.5 Å². The highest BCUT2D eigenvalue weighted by molar-refractivity contribution is 6.10. The highest BCUT2D eigenvalue weighted by atomic mass is 14.7. The Morgan fingerprint density at radius 3 is 2.00 bits per heavy atom. The van der Waals surface area contributed by atoms with Crippen LogP contribution >= 0.6 is 0 Å². The van der Waals surface area contributed by atoms with Crippen LogP contribution in [0.3, 0.4) is 0 Å². The van der Waals surface area contributed by atoms with Gasteiger partial charge < -0.3 is 0 Å². The number of rotatable bonds is 5. The van der Waals surface area contributed by atoms with Crippen molar-refractivity contribution >= 4 is 5.71 Å². The van der Waals surface area contributed by atoms with E-state index < -0.39 is 0 Å². The van der Waals surface area contributed by atoms with Crippen molar-refractivity contribution in [2.45, 2.75) is 0 Å². The number of allylic oxidation sites excluding steroid dienone is 5. The van der Waals surface area contributed by atoms with Crippen LogP contribution in [0.1, 0.15) is 0 Å². The summed E-state index contributed by atoms with van der Waals surface area (Å²) in [7, 11) is 0. The van der Waals surface area contributed by atoms with Gasteiger partial charge in [0.25, 0.3) is 0 Å². The molecule has 0 aliphatic rings. The molecule has 62 valence electrons. The predicted octanol–water partition coefficient (Wildman–Crippen LogP) is 3.06. The van der Waals surface area contributed by atoms with Crippen LogP contribution in [0.5, 0.6) is 0 Å². The van der Waals surface area contributed by atoms with Crippen molar-refractivity contribution in [1.82, 2.24) is 0 Å². The third kappa shape index (κ3) is 2.97. The minimum absolute atomic E-state index is 0.750. The summed E-state index contributed by atoms with van der Waals surface area (Å²) in [6, 6.07) is 0. The molecule has 0 rings (SSSR count). The van der Waals surface area contributed by atoms with Gasteiger partial charge in [0.2, 0.25) is 0 Å². The second-order valence-corrected chi connectivity index (χ2v) is 1.96. The summed E-state index contributed by atoms with van der Waals surface area (Å²) in [6.45, 7) is 14.4. The van der Waals surface area contributed by atoms with Gasteiger partial charge in [0.05, 0.1) is 5.71 Å². The molecule has 0 atom stereocenters. The van der Waals surface area contributed by atoms with Crippen LogP contribution in [0.25, 0.3) is 0 Å². The van der Waals surface area contributed by atoms with Crippen molar-refractivity contribution in [3.05, 3.63) is 62.4 Å². The second kappa shape index (κ2) is 6.10. The zero-order valence-electron chi connectivity index (χ0n) is 7.16. The van der Waals surface area contributed by atoms with Crippen LogP contribution in [0.2, 0.25) is 0 Å². The molecular weight excluding hydrogens is 146 g/mol. The molecule has 0 amide bonds. The molecule has 1 nitrogen and oxygen atoms in total. The molecule has 0 unspecified atom stereocenters. The Hall–Kier alpha value is -1.63. The lowest BCUT2D eigenvalue weighted by atomic mass is 10.1. The largest absolute Gasteiger partial charge is 0.257 e. The van der Waals surface area contributed by atoms with Crippen LogP contribution in [-0.4, -0.2) is 5.71 Å². The first-order chi connectivity index (χ1) is 5.79. The number of hydrogen-bond donors (Lipinski definition) is 0. The molecule has 12 heavy (non-hydrogen) atoms. The fourth-order valence-corrected chi connectivity index (χ4v) is 0.728. The first kappa shape index (κ1) is 10.4. The minimum atomic E-state index is 0.750. The average Bonchev–Trinajstić information content (AvgIpc) is 2.11. The van der Waals surface area contributed by atoms with Gasteiger partial charge in [0, 0.05) is 6.20 Å². The van der Waals surface area contributed by atoms with Crippen molar-refractivity contribution < 1.29 is 0 Å². The van der Waals surface area contributed by atoms with E-state index in [1.807, 2.05) is 6.08 Å². The summed E-state index contributed by atoms with van der Waals surface area (Å²) >= 11 is 0. The average molecular weight is 159 g/mol. The van der Waals surface area contributed by atoms with Crippen molar-refractivity contribution in [2.24, 2.45) is 4.99 Å². The molecule has 0 spiro atoms. The standard InChI is InChI=1S/C11H13N/c1-5-9-10(6-2)11(7-3)12-8-4/h5-9H,1-4H2/b10-9-,12-11?. The summed E-state index contributed by atoms with van der Waals surface area (Å²) in [5.41, 5.74) is 1.64. The number of nitrogens with zero attached hydrogens (tertiary/aromatic N) is 1. The molecule has 0 saturated carbocycles. The highest BCUT2D eigenvalue weighted by Crippen LogP contribution is 2.01. The molecule has 0 aromatic rings. The molecule has 0 aliphatic heterocycles. The lowest BCUT2D eigenvalue weighted by Gasteiger charge is -1.98. The zero-order chi connectivity index (χ0) is 9.40. The second-order valence-electron chi connectivity index (χ2n) is 1.96. The summed E-state index contributed by atoms with van der Waals surface area (Å²) in [4.78, 5) is 4.01. The first-order valence-corrected chi connectivity index (χ1v) is 3.56. The quantitative estimate of drug-likeness (QED) is 0.432. The Morgan fingerprint density at radius 2 is 1.67 bits per heavy atom. The van der Waals surface area contributed by atoms with Gasteiger partial charge in [-0.15, -0.1) is 0 Å². The van der Waals surface area contributed by atoms with Crippen LogP contribution in [-0.2, 0) is 0 Å². The van der Waals surface area contributed by atoms with E-state index in [2.05, 4.69) is 31.3 Å². The molecule has 0 N–H and O–H groups in total. The summed E-state index contributed by atoms with van der Waals surface area (Å²) in [6.07, 6.45) is 8.32. The summed E-state index contributed by atoms with van der Waals surface area (Å²) in [5, 5.41) is 0. The normalized spacial score (nSPS) is 12.0. The van der Waals surface area contributed by atoms with Gasteiger partial charge in [-0.25, -0.2) is 0 Å². The van der Waals surface area contributed by atoms with Crippen LogP contribution in [0.15, 0.2) is 67.4 Å². The fraction of sp³-hybridized carbons (Fsp3) is 0. The minimum Gasteiger partial charge on any atom is -0.257 e. The van der Waals surface area contributed by atoms with E-state index in [1.165, 1.54) is 6.20 Å². The topological polar surface area (TPSA) is 12.4 Å². The van der Waals surface area contributed by atoms with E-state index in [0.29, 0.717) is 0 Å². The first-order valence-electron chi connectivity index (χ1n) is 3.56. The Balaban J connectivity index is 4.91. The van der Waals surface area contributed by atoms with E-state index in [0.717, 1.165) is 11.3 Å². The molecule has 0 aromatic heterocycles. The summed E-state index contributed by atoms with van der Waals surface area (Å²) in [5.74, 6) is 0. The predicted molar refractivity (Wildman–Crippen MR) is 56.3 cm³/mol. The van der Waals surface area contributed by atoms with Crippen LogP contribution in [0, 0.1) is 0 Å². The van der Waals surface area contributed by atoms with Gasteiger partial charge in [0.15, 0.2) is 0 Å². The molecule has 1 heteroatoms. The third-order valence-corrected chi connectivity index (χ3v) is 1.24. The molecule has 0 radical (unpaired) electrons. The molecule has 0 saturated heterocycles. The van der Waals surface area contributed by atoms with E-state index in [1.54, 1.807) is 18.2 Å². The lowest BCUT2D eigenvalue weighted by Crippen LogP contribution is -1.94. The van der Waals surface area contributed by atoms with Crippen molar-refractivity contribution in [3.8, 4) is 0 Å². The molecule has 0 aromatic carbocycles. The highest BCUT2D eigenvalue weighted by Gasteiger charge is 1.94. The SMILES string of the molecule is C=C/C=C(/C=C)C(C=C)=NC=C. The van der Waals surface area contributed by atoms with Crippen molar-refractivity contribution in [1.29, 1.82) is 0 Å². The monoisotopic (exact) mass is 159 g/mol. The Labute approximate surface area is 73.8 Å². The van der Waals surface area contributed by atoms with Crippen LogP contribution < -0.4 is 0 Å². The smallest absolute Gasteiger partial charge is 0.0695 e. The van der Waals surface area contributed by atoms with Gasteiger partial charge in [0.1, 0.15) is 0 Å². The Morgan fingerprint density at radius 1 is 1.00 bits per heavy atom. The lowest BCUT2D eigenvalue weighted by molar-refractivity contribution is 1.57. The third-order valence-electron chi connectivity index (χ3n) is 1.24. The summed E-state index contributed by atoms with van der Waals surface area (Å²) < 4.78 is 0. The van der Waals surface area contributed by atoms with Crippen molar-refractivity contribution in [3.63, 3.8) is 0 Å². The maximum absolute atomic E-state index is 4.01. The molecular formula is C11H13N. The number of aliphatic imine (C=N–C) groups is 1. The zero-order valence-corrected chi connectivity index (χ0v) is 7.16. The van der Waals surface area contributed by atoms with Crippen molar-refractivity contribution in [2.75, 3.05) is 0 Å². The molecule has 0 aliphatic carbocycles. The van der Waals surface area contributed by atoms with Gasteiger partial charge >= 0.3 is 0 Å². The van der Waals surface area contributed by atoms with E-state index in [-0.39, 0.29) is 0 Å². The van der Waals surface area contributed by atoms with Gasteiger partial charge in [-0.2, -0.15) is 0 Å². The van der Waals surface area contributed by atoms with Gasteiger partial charge in [-0.05, 0) is 11.6 Å². The molecule has 0 heterocycles. The van der Waals surface area contributed by atoms with E-state index in [9.17, 15) is 0 Å². The maximum Gasteiger partial charge on any atom is 0.0695 e. The van der Waals surface area contributed by atoms with Crippen LogP contribution in [0.4, 0.5) is 0 Å². The Bertz CT molecular complexity index is 226. The number of hydrogen-bond acceptors (Lipinski definition) is 1. The van der Waals surface area contributed by atoms with E-state index >= 15 is 0 Å².